The molecule has 0 saturated heterocycles. The molecule has 0 aliphatic heterocycles. The number of nitrogens with one attached hydrogen (secondary N) is 2. The van der Waals surface area contributed by atoms with Crippen molar-refractivity contribution in [3.63, 3.8) is 0 Å². The molecule has 0 aliphatic rings. The molecule has 0 spiro atoms. The van der Waals surface area contributed by atoms with Gasteiger partial charge in [-0.05, 0) is 56.1 Å². The maximum atomic E-state index is 12.1. The van der Waals surface area contributed by atoms with Crippen LogP contribution in [0.15, 0.2) is 48.8 Å². The van der Waals surface area contributed by atoms with E-state index in [0.29, 0.717) is 24.2 Å². The number of hydrogen-bond donors (Lipinski definition) is 2. The van der Waals surface area contributed by atoms with Gasteiger partial charge >= 0.3 is 0 Å². The van der Waals surface area contributed by atoms with Crippen molar-refractivity contribution in [3.8, 4) is 0 Å². The first-order valence-electron chi connectivity index (χ1n) is 7.76. The molecule has 0 fully saturated rings. The Labute approximate surface area is 141 Å². The molecule has 0 saturated carbocycles. The van der Waals surface area contributed by atoms with Gasteiger partial charge in [0.1, 0.15) is 0 Å². The molecule has 0 radical (unpaired) electrons. The van der Waals surface area contributed by atoms with Crippen LogP contribution in [0.3, 0.4) is 0 Å². The van der Waals surface area contributed by atoms with Crippen molar-refractivity contribution in [1.82, 2.24) is 20.5 Å². The zero-order chi connectivity index (χ0) is 17.4. The third kappa shape index (κ3) is 5.48. The quantitative estimate of drug-likeness (QED) is 0.804. The number of carbonyl (C=O) groups is 2. The van der Waals surface area contributed by atoms with Crippen molar-refractivity contribution < 1.29 is 9.59 Å². The summed E-state index contributed by atoms with van der Waals surface area (Å²) in [5, 5.41) is 5.68. The Balaban J connectivity index is 1.86. The first-order chi connectivity index (χ1) is 11.6. The Morgan fingerprint density at radius 3 is 2.00 bits per heavy atom. The number of rotatable bonds is 7. The van der Waals surface area contributed by atoms with E-state index in [1.165, 1.54) is 0 Å². The van der Waals surface area contributed by atoms with Crippen LogP contribution in [0.4, 0.5) is 0 Å². The molecule has 2 N–H and O–H groups in total. The third-order valence-electron chi connectivity index (χ3n) is 3.46. The molecule has 24 heavy (non-hydrogen) atoms. The number of aromatic nitrogens is 1. The Morgan fingerprint density at radius 1 is 0.917 bits per heavy atom. The Morgan fingerprint density at radius 2 is 1.46 bits per heavy atom. The van der Waals surface area contributed by atoms with E-state index >= 15 is 0 Å². The van der Waals surface area contributed by atoms with E-state index < -0.39 is 0 Å². The fourth-order valence-corrected chi connectivity index (χ4v) is 2.05. The molecule has 0 aliphatic carbocycles. The van der Waals surface area contributed by atoms with Crippen molar-refractivity contribution in [1.29, 1.82) is 0 Å². The van der Waals surface area contributed by atoms with Crippen LogP contribution in [-0.4, -0.2) is 48.9 Å². The van der Waals surface area contributed by atoms with Crippen LogP contribution in [0.5, 0.6) is 0 Å². The summed E-state index contributed by atoms with van der Waals surface area (Å²) < 4.78 is 0. The van der Waals surface area contributed by atoms with E-state index in [4.69, 9.17) is 0 Å². The zero-order valence-electron chi connectivity index (χ0n) is 14.0. The molecule has 1 aromatic heterocycles. The average Bonchev–Trinajstić information content (AvgIpc) is 2.60. The van der Waals surface area contributed by atoms with Gasteiger partial charge in [0.2, 0.25) is 0 Å². The summed E-state index contributed by atoms with van der Waals surface area (Å²) >= 11 is 0. The van der Waals surface area contributed by atoms with Gasteiger partial charge in [-0.1, -0.05) is 0 Å². The second kappa shape index (κ2) is 8.79. The van der Waals surface area contributed by atoms with Crippen LogP contribution in [0, 0.1) is 0 Å². The maximum Gasteiger partial charge on any atom is 0.251 e. The van der Waals surface area contributed by atoms with Gasteiger partial charge in [-0.3, -0.25) is 14.6 Å². The maximum absolute atomic E-state index is 12.1. The Bertz CT molecular complexity index is 669. The van der Waals surface area contributed by atoms with E-state index in [-0.39, 0.29) is 11.8 Å². The highest BCUT2D eigenvalue weighted by Crippen LogP contribution is 2.05. The summed E-state index contributed by atoms with van der Waals surface area (Å²) in [4.78, 5) is 30.0. The highest BCUT2D eigenvalue weighted by molar-refractivity contribution is 5.97. The van der Waals surface area contributed by atoms with E-state index in [1.807, 2.05) is 31.1 Å². The molecule has 0 atom stereocenters. The van der Waals surface area contributed by atoms with Gasteiger partial charge in [0.25, 0.3) is 11.8 Å². The monoisotopic (exact) mass is 326 g/mol. The van der Waals surface area contributed by atoms with E-state index in [2.05, 4.69) is 15.6 Å². The van der Waals surface area contributed by atoms with Crippen LogP contribution in [0.25, 0.3) is 0 Å². The summed E-state index contributed by atoms with van der Waals surface area (Å²) in [5.41, 5.74) is 2.04. The van der Waals surface area contributed by atoms with Crippen molar-refractivity contribution in [2.45, 2.75) is 6.54 Å². The standard InChI is InChI=1S/C18H22N4O2/c1-22(2)12-11-20-17(23)15-3-5-16(6-4-15)18(24)21-13-14-7-9-19-10-8-14/h3-10H,11-13H2,1-2H3,(H,20,23)(H,21,24). The number of nitrogens with zero attached hydrogens (tertiary/aromatic N) is 2. The van der Waals surface area contributed by atoms with Gasteiger partial charge in [0, 0.05) is 43.2 Å². The molecule has 2 aromatic rings. The lowest BCUT2D eigenvalue weighted by Gasteiger charge is -2.10. The second-order valence-corrected chi connectivity index (χ2v) is 5.67. The topological polar surface area (TPSA) is 74.3 Å². The van der Waals surface area contributed by atoms with E-state index in [1.54, 1.807) is 36.7 Å². The molecule has 0 bridgehead atoms. The normalized spacial score (nSPS) is 10.5. The minimum Gasteiger partial charge on any atom is -0.351 e. The summed E-state index contributed by atoms with van der Waals surface area (Å²) in [5.74, 6) is -0.313. The first-order valence-corrected chi connectivity index (χ1v) is 7.76. The van der Waals surface area contributed by atoms with Crippen LogP contribution in [0.1, 0.15) is 26.3 Å². The fourth-order valence-electron chi connectivity index (χ4n) is 2.05. The number of amides is 2. The molecular formula is C18H22N4O2. The van der Waals surface area contributed by atoms with Crippen molar-refractivity contribution >= 4 is 11.8 Å². The van der Waals surface area contributed by atoms with Gasteiger partial charge in [0.05, 0.1) is 0 Å². The summed E-state index contributed by atoms with van der Waals surface area (Å²) in [6.07, 6.45) is 3.37. The number of pyridine rings is 1. The fraction of sp³-hybridized carbons (Fsp3) is 0.278. The minimum atomic E-state index is -0.175. The smallest absolute Gasteiger partial charge is 0.251 e. The van der Waals surface area contributed by atoms with Crippen LogP contribution in [0.2, 0.25) is 0 Å². The van der Waals surface area contributed by atoms with Gasteiger partial charge in [-0.2, -0.15) is 0 Å². The van der Waals surface area contributed by atoms with Gasteiger partial charge in [-0.25, -0.2) is 0 Å². The highest BCUT2D eigenvalue weighted by Gasteiger charge is 2.08. The number of hydrogen-bond acceptors (Lipinski definition) is 4. The van der Waals surface area contributed by atoms with Gasteiger partial charge < -0.3 is 15.5 Å². The second-order valence-electron chi connectivity index (χ2n) is 5.67. The molecule has 126 valence electrons. The third-order valence-corrected chi connectivity index (χ3v) is 3.46. The van der Waals surface area contributed by atoms with Crippen molar-refractivity contribution in [2.24, 2.45) is 0 Å². The zero-order valence-corrected chi connectivity index (χ0v) is 14.0. The summed E-state index contributed by atoms with van der Waals surface area (Å²) in [6.45, 7) is 1.80. The van der Waals surface area contributed by atoms with E-state index in [9.17, 15) is 9.59 Å². The lowest BCUT2D eigenvalue weighted by atomic mass is 10.1. The Kier molecular flexibility index (Phi) is 6.45. The van der Waals surface area contributed by atoms with Crippen LogP contribution < -0.4 is 10.6 Å². The highest BCUT2D eigenvalue weighted by atomic mass is 16.2. The van der Waals surface area contributed by atoms with Crippen molar-refractivity contribution in [2.75, 3.05) is 27.2 Å². The molecule has 1 aromatic carbocycles. The van der Waals surface area contributed by atoms with Crippen LogP contribution >= 0.6 is 0 Å². The number of likely N-dealkylation sites (N-methyl/N-ethyl adjacent to an activating group) is 1. The summed E-state index contributed by atoms with van der Waals surface area (Å²) in [6, 6.07) is 10.3. The van der Waals surface area contributed by atoms with Gasteiger partial charge in [-0.15, -0.1) is 0 Å². The van der Waals surface area contributed by atoms with E-state index in [0.717, 1.165) is 12.1 Å². The molecule has 1 heterocycles. The molecule has 2 amide bonds. The lowest BCUT2D eigenvalue weighted by Crippen LogP contribution is -2.31. The molecule has 6 heteroatoms. The lowest BCUT2D eigenvalue weighted by molar-refractivity contribution is 0.0939. The average molecular weight is 326 g/mol. The molecule has 0 unspecified atom stereocenters. The molecule has 6 nitrogen and oxygen atoms in total. The minimum absolute atomic E-state index is 0.138. The predicted octanol–water partition coefficient (Wildman–Crippen LogP) is 1.30. The predicted molar refractivity (Wildman–Crippen MR) is 92.7 cm³/mol. The number of benzene rings is 1. The van der Waals surface area contributed by atoms with Crippen molar-refractivity contribution in [3.05, 3.63) is 65.5 Å². The Hall–Kier alpha value is -2.73. The largest absolute Gasteiger partial charge is 0.351 e. The molecular weight excluding hydrogens is 304 g/mol. The number of carbonyl (C=O) groups excluding carboxylic acids is 2. The van der Waals surface area contributed by atoms with Gasteiger partial charge in [0.15, 0.2) is 0 Å². The molecule has 2 rings (SSSR count). The first kappa shape index (κ1) is 17.6. The van der Waals surface area contributed by atoms with Crippen LogP contribution in [-0.2, 0) is 6.54 Å². The SMILES string of the molecule is CN(C)CCNC(=O)c1ccc(C(=O)NCc2ccncc2)cc1. The summed E-state index contributed by atoms with van der Waals surface area (Å²) in [7, 11) is 3.90.